The van der Waals surface area contributed by atoms with Crippen LogP contribution in [0.15, 0.2) is 0 Å². The van der Waals surface area contributed by atoms with Crippen molar-refractivity contribution in [1.82, 2.24) is 4.90 Å². The summed E-state index contributed by atoms with van der Waals surface area (Å²) in [6, 6.07) is 0.794. The minimum absolute atomic E-state index is 0.304. The Labute approximate surface area is 101 Å². The number of likely N-dealkylation sites (N-methyl/N-ethyl adjacent to an activating group) is 1. The molecule has 0 aliphatic carbocycles. The Hall–Kier alpha value is -0.120. The van der Waals surface area contributed by atoms with E-state index >= 15 is 0 Å². The molecule has 2 atom stereocenters. The maximum atomic E-state index is 6.06. The summed E-state index contributed by atoms with van der Waals surface area (Å²) < 4.78 is 5.27. The second-order valence-corrected chi connectivity index (χ2v) is 5.44. The van der Waals surface area contributed by atoms with E-state index in [1.165, 1.54) is 0 Å². The van der Waals surface area contributed by atoms with E-state index in [4.69, 9.17) is 10.5 Å². The number of hydrogen-bond donors (Lipinski definition) is 1. The summed E-state index contributed by atoms with van der Waals surface area (Å²) in [5, 5.41) is 0. The topological polar surface area (TPSA) is 38.5 Å². The molecule has 2 unspecified atom stereocenters. The second kappa shape index (κ2) is 8.04. The fraction of sp³-hybridized carbons (Fsp3) is 1.00. The SMILES string of the molecule is COCC(C(C)C)N(C)CCC(N)C(C)C. The molecule has 2 N–H and O–H groups in total. The van der Waals surface area contributed by atoms with Gasteiger partial charge in [0.25, 0.3) is 0 Å². The van der Waals surface area contributed by atoms with Crippen molar-refractivity contribution in [2.24, 2.45) is 17.6 Å². The van der Waals surface area contributed by atoms with Crippen molar-refractivity contribution >= 4 is 0 Å². The van der Waals surface area contributed by atoms with Crippen LogP contribution in [0, 0.1) is 11.8 Å². The third kappa shape index (κ3) is 5.83. The van der Waals surface area contributed by atoms with Crippen molar-refractivity contribution < 1.29 is 4.74 Å². The van der Waals surface area contributed by atoms with Gasteiger partial charge in [-0.2, -0.15) is 0 Å². The molecule has 3 nitrogen and oxygen atoms in total. The highest BCUT2D eigenvalue weighted by Crippen LogP contribution is 2.11. The number of rotatable bonds is 8. The van der Waals surface area contributed by atoms with E-state index in [1.54, 1.807) is 7.11 Å². The molecule has 0 saturated heterocycles. The first kappa shape index (κ1) is 15.9. The predicted octanol–water partition coefficient (Wildman–Crippen LogP) is 1.96. The second-order valence-electron chi connectivity index (χ2n) is 5.44. The Morgan fingerprint density at radius 2 is 1.69 bits per heavy atom. The minimum Gasteiger partial charge on any atom is -0.383 e. The Morgan fingerprint density at radius 1 is 1.12 bits per heavy atom. The Kier molecular flexibility index (Phi) is 7.98. The van der Waals surface area contributed by atoms with E-state index in [2.05, 4.69) is 39.6 Å². The molecule has 0 amide bonds. The zero-order valence-electron chi connectivity index (χ0n) is 11.9. The average Bonchev–Trinajstić information content (AvgIpc) is 2.21. The summed E-state index contributed by atoms with van der Waals surface area (Å²) in [5.74, 6) is 1.17. The normalized spacial score (nSPS) is 16.1. The fourth-order valence-corrected chi connectivity index (χ4v) is 1.85. The lowest BCUT2D eigenvalue weighted by molar-refractivity contribution is 0.0778. The smallest absolute Gasteiger partial charge is 0.0620 e. The summed E-state index contributed by atoms with van der Waals surface area (Å²) in [6.07, 6.45) is 1.06. The highest BCUT2D eigenvalue weighted by Gasteiger charge is 2.19. The van der Waals surface area contributed by atoms with Crippen LogP contribution in [0.5, 0.6) is 0 Å². The molecule has 0 aromatic carbocycles. The summed E-state index contributed by atoms with van der Waals surface area (Å²) in [7, 11) is 3.93. The summed E-state index contributed by atoms with van der Waals surface area (Å²) in [6.45, 7) is 10.7. The highest BCUT2D eigenvalue weighted by atomic mass is 16.5. The lowest BCUT2D eigenvalue weighted by Crippen LogP contribution is -2.42. The highest BCUT2D eigenvalue weighted by molar-refractivity contribution is 4.74. The monoisotopic (exact) mass is 230 g/mol. The van der Waals surface area contributed by atoms with Crippen molar-refractivity contribution in [3.05, 3.63) is 0 Å². The van der Waals surface area contributed by atoms with Gasteiger partial charge in [0.1, 0.15) is 0 Å². The fourth-order valence-electron chi connectivity index (χ4n) is 1.85. The van der Waals surface area contributed by atoms with Crippen molar-refractivity contribution in [1.29, 1.82) is 0 Å². The number of nitrogens with zero attached hydrogens (tertiary/aromatic N) is 1. The third-order valence-corrected chi connectivity index (χ3v) is 3.34. The number of ether oxygens (including phenoxy) is 1. The molecule has 0 rings (SSSR count). The average molecular weight is 230 g/mol. The van der Waals surface area contributed by atoms with Crippen LogP contribution in [-0.4, -0.2) is 44.3 Å². The van der Waals surface area contributed by atoms with Gasteiger partial charge < -0.3 is 15.4 Å². The van der Waals surface area contributed by atoms with Crippen LogP contribution >= 0.6 is 0 Å². The molecule has 0 radical (unpaired) electrons. The van der Waals surface area contributed by atoms with Gasteiger partial charge in [0.15, 0.2) is 0 Å². The Morgan fingerprint density at radius 3 is 2.06 bits per heavy atom. The van der Waals surface area contributed by atoms with Gasteiger partial charge in [-0.3, -0.25) is 0 Å². The molecule has 16 heavy (non-hydrogen) atoms. The van der Waals surface area contributed by atoms with Crippen LogP contribution in [0.4, 0.5) is 0 Å². The van der Waals surface area contributed by atoms with Crippen molar-refractivity contribution in [3.8, 4) is 0 Å². The molecule has 0 aliphatic heterocycles. The lowest BCUT2D eigenvalue weighted by Gasteiger charge is -2.31. The van der Waals surface area contributed by atoms with Crippen LogP contribution in [0.2, 0.25) is 0 Å². The molecule has 0 aromatic rings. The van der Waals surface area contributed by atoms with Gasteiger partial charge in [0.05, 0.1) is 6.61 Å². The quantitative estimate of drug-likeness (QED) is 0.693. The van der Waals surface area contributed by atoms with E-state index in [0.717, 1.165) is 19.6 Å². The van der Waals surface area contributed by atoms with Gasteiger partial charge >= 0.3 is 0 Å². The van der Waals surface area contributed by atoms with Crippen LogP contribution in [-0.2, 0) is 4.74 Å². The van der Waals surface area contributed by atoms with Gasteiger partial charge in [0.2, 0.25) is 0 Å². The Bertz CT molecular complexity index is 171. The van der Waals surface area contributed by atoms with Gasteiger partial charge in [-0.05, 0) is 31.8 Å². The molecule has 0 saturated carbocycles. The molecule has 0 spiro atoms. The number of hydrogen-bond acceptors (Lipinski definition) is 3. The standard InChI is InChI=1S/C13H30N2O/c1-10(2)12(14)7-8-15(5)13(9-16-6)11(3)4/h10-13H,7-9,14H2,1-6H3. The minimum atomic E-state index is 0.304. The van der Waals surface area contributed by atoms with Crippen LogP contribution in [0.25, 0.3) is 0 Å². The van der Waals surface area contributed by atoms with Crippen molar-refractivity contribution in [2.45, 2.75) is 46.2 Å². The van der Waals surface area contributed by atoms with E-state index in [-0.39, 0.29) is 0 Å². The van der Waals surface area contributed by atoms with Crippen molar-refractivity contribution in [3.63, 3.8) is 0 Å². The molecular weight excluding hydrogens is 200 g/mol. The largest absolute Gasteiger partial charge is 0.383 e. The van der Waals surface area contributed by atoms with Crippen LogP contribution in [0.1, 0.15) is 34.1 Å². The molecule has 0 aromatic heterocycles. The van der Waals surface area contributed by atoms with Crippen molar-refractivity contribution in [2.75, 3.05) is 27.3 Å². The van der Waals surface area contributed by atoms with E-state index in [1.807, 2.05) is 0 Å². The molecular formula is C13H30N2O. The van der Waals surface area contributed by atoms with Gasteiger partial charge in [-0.15, -0.1) is 0 Å². The molecule has 0 bridgehead atoms. The van der Waals surface area contributed by atoms with Gasteiger partial charge in [0, 0.05) is 19.2 Å². The zero-order chi connectivity index (χ0) is 12.7. The van der Waals surface area contributed by atoms with Gasteiger partial charge in [-0.25, -0.2) is 0 Å². The summed E-state index contributed by atoms with van der Waals surface area (Å²) in [5.41, 5.74) is 6.06. The van der Waals surface area contributed by atoms with E-state index in [0.29, 0.717) is 23.9 Å². The molecule has 0 heterocycles. The van der Waals surface area contributed by atoms with E-state index < -0.39 is 0 Å². The van der Waals surface area contributed by atoms with Gasteiger partial charge in [-0.1, -0.05) is 27.7 Å². The first-order valence-electron chi connectivity index (χ1n) is 6.34. The first-order chi connectivity index (χ1) is 7.40. The molecule has 0 fully saturated rings. The first-order valence-corrected chi connectivity index (χ1v) is 6.34. The third-order valence-electron chi connectivity index (χ3n) is 3.34. The van der Waals surface area contributed by atoms with Crippen LogP contribution < -0.4 is 5.73 Å². The maximum Gasteiger partial charge on any atom is 0.0620 e. The lowest BCUT2D eigenvalue weighted by atomic mass is 10.00. The van der Waals surface area contributed by atoms with Crippen LogP contribution in [0.3, 0.4) is 0 Å². The maximum absolute atomic E-state index is 6.06. The molecule has 3 heteroatoms. The molecule has 98 valence electrons. The summed E-state index contributed by atoms with van der Waals surface area (Å²) >= 11 is 0. The van der Waals surface area contributed by atoms with E-state index in [9.17, 15) is 0 Å². The summed E-state index contributed by atoms with van der Waals surface area (Å²) in [4.78, 5) is 2.37. The molecule has 0 aliphatic rings. The predicted molar refractivity (Wildman–Crippen MR) is 70.6 cm³/mol. The Balaban J connectivity index is 4.05. The zero-order valence-corrected chi connectivity index (χ0v) is 11.9. The number of nitrogens with two attached hydrogens (primary N) is 1. The number of methoxy groups -OCH3 is 1.